The Morgan fingerprint density at radius 2 is 1.04 bits per heavy atom. The Balaban J connectivity index is 0.000000264. The number of hydrogen-bond acceptors (Lipinski definition) is 12. The molecule has 71 heavy (non-hydrogen) atoms. The number of hydrogen-bond donors (Lipinski definition) is 3. The van der Waals surface area contributed by atoms with Crippen LogP contribution in [-0.4, -0.2) is 145 Å². The molecule has 22 heteroatoms. The molecular formula is C49H64Cl4N8O8S2. The van der Waals surface area contributed by atoms with E-state index in [0.717, 1.165) is 95.3 Å². The summed E-state index contributed by atoms with van der Waals surface area (Å²) in [6, 6.07) is 22.7. The zero-order valence-electron chi connectivity index (χ0n) is 39.6. The van der Waals surface area contributed by atoms with Crippen LogP contribution < -0.4 is 23.8 Å². The van der Waals surface area contributed by atoms with Crippen molar-refractivity contribution in [2.45, 2.75) is 85.4 Å². The molecule has 0 aliphatic carbocycles. The van der Waals surface area contributed by atoms with E-state index in [9.17, 15) is 26.4 Å². The van der Waals surface area contributed by atoms with Gasteiger partial charge < -0.3 is 29.6 Å². The maximum atomic E-state index is 12.9. The first-order valence-corrected chi connectivity index (χ1v) is 28.1. The smallest absolute Gasteiger partial charge is 0.331 e. The predicted octanol–water partition coefficient (Wildman–Crippen LogP) is 9.35. The third-order valence-corrected chi connectivity index (χ3v) is 17.5. The van der Waals surface area contributed by atoms with Gasteiger partial charge in [0, 0.05) is 99.7 Å². The lowest BCUT2D eigenvalue weighted by Crippen LogP contribution is -2.52. The minimum Gasteiger partial charge on any atom is -0.490 e. The SMILES string of the molecule is CN(C)c1ccccc1S(=O)(=O)NC(=O)N1CCC(N2CCC(Oc3ccc(Cl)c(Cl)c3)CC2)CC1.N=Cc1cccc(S(=O)(=O)NC(=O)N2CCC(N3CCC(Oc4ccc(Cl)c(Cl)c4)CC3)CC2)c1.[HH].[HH]. The molecule has 8 rings (SSSR count). The van der Waals surface area contributed by atoms with Crippen molar-refractivity contribution in [2.75, 3.05) is 71.4 Å². The maximum absolute atomic E-state index is 12.9. The summed E-state index contributed by atoms with van der Waals surface area (Å²) in [7, 11) is -4.44. The van der Waals surface area contributed by atoms with Crippen LogP contribution in [0.1, 0.15) is 59.8 Å². The number of ether oxygens (including phenoxy) is 2. The second-order valence-electron chi connectivity index (χ2n) is 18.2. The van der Waals surface area contributed by atoms with E-state index in [1.807, 2.05) is 12.1 Å². The number of benzene rings is 4. The summed E-state index contributed by atoms with van der Waals surface area (Å²) in [6.45, 7) is 5.65. The molecule has 4 aromatic carbocycles. The lowest BCUT2D eigenvalue weighted by Gasteiger charge is -2.41. The fraction of sp³-hybridized carbons (Fsp3) is 0.449. The normalized spacial score (nSPS) is 18.2. The fourth-order valence-electron chi connectivity index (χ4n) is 9.37. The lowest BCUT2D eigenvalue weighted by molar-refractivity contribution is 0.0537. The zero-order valence-corrected chi connectivity index (χ0v) is 44.3. The van der Waals surface area contributed by atoms with Gasteiger partial charge >= 0.3 is 12.1 Å². The molecule has 4 fully saturated rings. The molecule has 0 unspecified atom stereocenters. The molecule has 16 nitrogen and oxygen atoms in total. The van der Waals surface area contributed by atoms with Crippen molar-refractivity contribution in [3.05, 3.63) is 111 Å². The van der Waals surface area contributed by atoms with E-state index in [0.29, 0.717) is 69.6 Å². The van der Waals surface area contributed by atoms with Gasteiger partial charge in [-0.2, -0.15) is 0 Å². The number of rotatable bonds is 12. The average Bonchev–Trinajstić information content (AvgIpc) is 3.37. The fourth-order valence-corrected chi connectivity index (χ4v) is 12.2. The third kappa shape index (κ3) is 14.6. The number of likely N-dealkylation sites (tertiary alicyclic amines) is 4. The summed E-state index contributed by atoms with van der Waals surface area (Å²) in [5, 5.41) is 9.26. The summed E-state index contributed by atoms with van der Waals surface area (Å²) in [4.78, 5) is 35.2. The first kappa shape index (κ1) is 54.2. The maximum Gasteiger partial charge on any atom is 0.331 e. The molecule has 4 aromatic rings. The number of para-hydroxylation sites is 1. The van der Waals surface area contributed by atoms with Gasteiger partial charge in [0.1, 0.15) is 28.6 Å². The minimum atomic E-state index is -4.00. The summed E-state index contributed by atoms with van der Waals surface area (Å²) >= 11 is 24.1. The van der Waals surface area contributed by atoms with Crippen molar-refractivity contribution in [3.63, 3.8) is 0 Å². The number of amides is 4. The van der Waals surface area contributed by atoms with Gasteiger partial charge in [-0.1, -0.05) is 70.7 Å². The number of carbonyl (C=O) groups excluding carboxylic acids is 2. The van der Waals surface area contributed by atoms with Crippen molar-refractivity contribution < 1.29 is 38.8 Å². The van der Waals surface area contributed by atoms with Gasteiger partial charge in [0.2, 0.25) is 0 Å². The molecule has 4 aliphatic heterocycles. The highest BCUT2D eigenvalue weighted by atomic mass is 35.5. The third-order valence-electron chi connectivity index (χ3n) is 13.3. The van der Waals surface area contributed by atoms with Crippen molar-refractivity contribution >= 4 is 90.4 Å². The second-order valence-corrected chi connectivity index (χ2v) is 23.2. The molecular weight excluding hydrogens is 1030 g/mol. The standard InChI is InChI=1S/C25H32Cl2N4O4S.C24H28Cl2N4O4S.2H2/c1-29(2)23-5-3-4-6-24(23)36(33,34)28-25(32)31-13-9-18(10-14-31)30-15-11-19(12-16-30)35-20-7-8-21(26)22(27)17-20;25-22-5-4-20(15-23(22)26)34-19-8-12-29(13-9-19)18-6-10-30(11-7-18)24(31)28-35(32,33)21-3-1-2-17(14-21)16-27;;/h3-8,17-19H,9-16H2,1-2H3,(H,28,32);1-5,14-16,18-19,27H,6-13H2,(H,28,31);2*1H. The molecule has 0 aromatic heterocycles. The molecule has 388 valence electrons. The van der Waals surface area contributed by atoms with E-state index in [2.05, 4.69) is 19.2 Å². The van der Waals surface area contributed by atoms with Gasteiger partial charge in [0.05, 0.1) is 30.7 Å². The number of anilines is 1. The highest BCUT2D eigenvalue weighted by Crippen LogP contribution is 2.32. The van der Waals surface area contributed by atoms with Crippen LogP contribution in [0.15, 0.2) is 94.7 Å². The number of nitrogens with zero attached hydrogens (tertiary/aromatic N) is 5. The number of nitrogens with one attached hydrogen (secondary N) is 3. The summed E-state index contributed by atoms with van der Waals surface area (Å²) < 4.78 is 67.6. The molecule has 0 radical (unpaired) electrons. The lowest BCUT2D eigenvalue weighted by atomic mass is 9.99. The van der Waals surface area contributed by atoms with Crippen LogP contribution in [0, 0.1) is 5.41 Å². The summed E-state index contributed by atoms with van der Waals surface area (Å²) in [5.41, 5.74) is 0.982. The monoisotopic (exact) mass is 1100 g/mol. The predicted molar refractivity (Wildman–Crippen MR) is 283 cm³/mol. The van der Waals surface area contributed by atoms with E-state index in [1.54, 1.807) is 83.4 Å². The molecule has 0 atom stereocenters. The number of piperidine rings is 4. The Hall–Kier alpha value is -4.53. The van der Waals surface area contributed by atoms with Crippen LogP contribution in [0.2, 0.25) is 20.1 Å². The molecule has 4 heterocycles. The molecule has 0 bridgehead atoms. The zero-order chi connectivity index (χ0) is 50.9. The van der Waals surface area contributed by atoms with E-state index in [-0.39, 0.29) is 24.9 Å². The Morgan fingerprint density at radius 1 is 0.592 bits per heavy atom. The Labute approximate surface area is 440 Å². The van der Waals surface area contributed by atoms with Crippen molar-refractivity contribution in [1.29, 1.82) is 5.41 Å². The van der Waals surface area contributed by atoms with Gasteiger partial charge in [0.25, 0.3) is 20.0 Å². The highest BCUT2D eigenvalue weighted by Gasteiger charge is 2.34. The number of halogens is 4. The van der Waals surface area contributed by atoms with Crippen molar-refractivity contribution in [3.8, 4) is 11.5 Å². The first-order chi connectivity index (χ1) is 33.9. The summed E-state index contributed by atoms with van der Waals surface area (Å²) in [6.07, 6.45) is 8.10. The largest absolute Gasteiger partial charge is 0.490 e. The summed E-state index contributed by atoms with van der Waals surface area (Å²) in [5.74, 6) is 1.45. The Bertz CT molecular complexity index is 2740. The van der Waals surface area contributed by atoms with Crippen molar-refractivity contribution in [1.82, 2.24) is 29.0 Å². The molecule has 0 saturated carbocycles. The van der Waals surface area contributed by atoms with E-state index in [1.165, 1.54) is 18.2 Å². The van der Waals surface area contributed by atoms with Gasteiger partial charge in [-0.05, 0) is 105 Å². The van der Waals surface area contributed by atoms with E-state index in [4.69, 9.17) is 61.3 Å². The molecule has 4 saturated heterocycles. The van der Waals surface area contributed by atoms with Gasteiger partial charge in [-0.15, -0.1) is 0 Å². The highest BCUT2D eigenvalue weighted by molar-refractivity contribution is 7.90. The van der Waals surface area contributed by atoms with Crippen LogP contribution in [0.5, 0.6) is 11.5 Å². The molecule has 4 aliphatic rings. The van der Waals surface area contributed by atoms with E-state index < -0.39 is 32.1 Å². The Morgan fingerprint density at radius 3 is 1.48 bits per heavy atom. The Kier molecular flexibility index (Phi) is 18.7. The van der Waals surface area contributed by atoms with Crippen molar-refractivity contribution in [2.24, 2.45) is 0 Å². The average molecular weight is 1100 g/mol. The molecule has 0 spiro atoms. The van der Waals surface area contributed by atoms with Crippen LogP contribution in [0.3, 0.4) is 0 Å². The minimum absolute atomic E-state index is 0. The number of urea groups is 2. The van der Waals surface area contributed by atoms with Gasteiger partial charge in [-0.3, -0.25) is 9.80 Å². The molecule has 3 N–H and O–H groups in total. The molecule has 4 amide bonds. The second kappa shape index (κ2) is 24.5. The van der Waals surface area contributed by atoms with Crippen LogP contribution in [0.25, 0.3) is 0 Å². The van der Waals surface area contributed by atoms with Gasteiger partial charge in [0.15, 0.2) is 0 Å². The van der Waals surface area contributed by atoms with Crippen LogP contribution in [-0.2, 0) is 20.0 Å². The first-order valence-electron chi connectivity index (χ1n) is 23.6. The van der Waals surface area contributed by atoms with Crippen LogP contribution in [0.4, 0.5) is 15.3 Å². The quantitative estimate of drug-likeness (QED) is 0.115. The topological polar surface area (TPSA) is 185 Å². The van der Waals surface area contributed by atoms with E-state index >= 15 is 0 Å². The van der Waals surface area contributed by atoms with Crippen LogP contribution >= 0.6 is 46.4 Å². The number of sulfonamides is 2. The van der Waals surface area contributed by atoms with Gasteiger partial charge in [-0.25, -0.2) is 35.9 Å². The number of carbonyl (C=O) groups is 2.